The molecule has 18 atom stereocenters. The van der Waals surface area contributed by atoms with Crippen LogP contribution in [0.2, 0.25) is 0 Å². The highest BCUT2D eigenvalue weighted by atomic mass is 16.8. The zero-order valence-electron chi connectivity index (χ0n) is 45.1. The van der Waals surface area contributed by atoms with Gasteiger partial charge in [-0.3, -0.25) is 9.59 Å². The average molecular weight is 1100 g/mol. The molecule has 3 saturated heterocycles. The minimum absolute atomic E-state index is 0.203. The van der Waals surface area contributed by atoms with Crippen molar-refractivity contribution in [2.24, 2.45) is 0 Å². The zero-order valence-corrected chi connectivity index (χ0v) is 45.1. The number of carboxylic acids is 1. The van der Waals surface area contributed by atoms with E-state index in [9.17, 15) is 75.7 Å². The van der Waals surface area contributed by atoms with Crippen molar-refractivity contribution >= 4 is 17.8 Å². The molecule has 0 spiro atoms. The highest BCUT2D eigenvalue weighted by molar-refractivity contribution is 5.77. The predicted molar refractivity (Wildman–Crippen MR) is 274 cm³/mol. The Bertz CT molecular complexity index is 1630. The average Bonchev–Trinajstić information content (AvgIpc) is 3.39. The van der Waals surface area contributed by atoms with Gasteiger partial charge in [-0.05, 0) is 38.5 Å². The number of hydrogen-bond donors (Lipinski definition) is 14. The molecule has 0 aromatic rings. The van der Waals surface area contributed by atoms with Crippen LogP contribution in [0.4, 0.5) is 0 Å². The van der Waals surface area contributed by atoms with Gasteiger partial charge in [0.2, 0.25) is 11.8 Å². The van der Waals surface area contributed by atoms with E-state index in [2.05, 4.69) is 36.6 Å². The Morgan fingerprint density at radius 3 is 1.78 bits per heavy atom. The molecule has 76 heavy (non-hydrogen) atoms. The van der Waals surface area contributed by atoms with Crippen LogP contribution in [0.25, 0.3) is 0 Å². The van der Waals surface area contributed by atoms with Crippen molar-refractivity contribution < 1.29 is 104 Å². The van der Waals surface area contributed by atoms with E-state index in [1.54, 1.807) is 0 Å². The topological polar surface area (TPSA) is 373 Å². The van der Waals surface area contributed by atoms with E-state index in [1.165, 1.54) is 64.2 Å². The lowest BCUT2D eigenvalue weighted by Gasteiger charge is -2.50. The number of carboxylic acid groups (broad SMARTS) is 1. The van der Waals surface area contributed by atoms with Crippen LogP contribution >= 0.6 is 0 Å². The molecule has 18 unspecified atom stereocenters. The summed E-state index contributed by atoms with van der Waals surface area (Å²) in [5.41, 5.74) is 0. The largest absolute Gasteiger partial charge is 0.477 e. The van der Waals surface area contributed by atoms with Crippen LogP contribution in [0.15, 0.2) is 12.2 Å². The van der Waals surface area contributed by atoms with Crippen molar-refractivity contribution in [1.29, 1.82) is 0 Å². The lowest BCUT2D eigenvalue weighted by atomic mass is 9.88. The summed E-state index contributed by atoms with van der Waals surface area (Å²) >= 11 is 0. The second-order valence-electron chi connectivity index (χ2n) is 20.8. The molecular formula is C53H96N2O21. The number of nitrogens with one attached hydrogen (secondary N) is 2. The number of rotatable bonds is 39. The summed E-state index contributed by atoms with van der Waals surface area (Å²) in [5, 5.41) is 135. The number of hydrogen-bond acceptors (Lipinski definition) is 20. The number of aliphatic hydroxyl groups is 11. The summed E-state index contributed by atoms with van der Waals surface area (Å²) in [5.74, 6) is -6.12. The highest BCUT2D eigenvalue weighted by Gasteiger charge is 2.60. The van der Waals surface area contributed by atoms with Crippen LogP contribution in [0.5, 0.6) is 0 Å². The molecule has 0 aliphatic carbocycles. The van der Waals surface area contributed by atoms with Gasteiger partial charge in [0.1, 0.15) is 67.1 Å². The molecule has 3 aliphatic heterocycles. The van der Waals surface area contributed by atoms with E-state index >= 15 is 0 Å². The third kappa shape index (κ3) is 21.8. The molecule has 444 valence electrons. The van der Waals surface area contributed by atoms with Crippen molar-refractivity contribution in [3.05, 3.63) is 12.2 Å². The molecule has 2 amide bonds. The molecule has 23 heteroatoms. The smallest absolute Gasteiger partial charge is 0.364 e. The van der Waals surface area contributed by atoms with E-state index in [4.69, 9.17) is 28.4 Å². The fourth-order valence-corrected chi connectivity index (χ4v) is 9.88. The molecule has 3 aliphatic rings. The third-order valence-electron chi connectivity index (χ3n) is 14.5. The van der Waals surface area contributed by atoms with E-state index in [0.29, 0.717) is 19.3 Å². The second-order valence-corrected chi connectivity index (χ2v) is 20.8. The Balaban J connectivity index is 1.70. The normalized spacial score (nSPS) is 31.7. The van der Waals surface area contributed by atoms with Crippen LogP contribution in [-0.4, -0.2) is 215 Å². The minimum Gasteiger partial charge on any atom is -0.477 e. The van der Waals surface area contributed by atoms with Gasteiger partial charge in [-0.2, -0.15) is 0 Å². The van der Waals surface area contributed by atoms with Crippen molar-refractivity contribution in [1.82, 2.24) is 10.6 Å². The number of unbranched alkanes of at least 4 members (excludes halogenated alkanes) is 17. The summed E-state index contributed by atoms with van der Waals surface area (Å²) in [6.07, 6.45) is -2.87. The molecule has 0 aromatic heterocycles. The molecule has 0 radical (unpaired) electrons. The summed E-state index contributed by atoms with van der Waals surface area (Å²) in [6, 6.07) is -2.53. The maximum Gasteiger partial charge on any atom is 0.364 e. The van der Waals surface area contributed by atoms with Gasteiger partial charge in [-0.25, -0.2) is 4.79 Å². The van der Waals surface area contributed by atoms with Crippen molar-refractivity contribution in [2.75, 3.05) is 26.4 Å². The molecule has 14 N–H and O–H groups in total. The lowest BCUT2D eigenvalue weighted by molar-refractivity contribution is -0.386. The van der Waals surface area contributed by atoms with Crippen LogP contribution in [0.1, 0.15) is 168 Å². The molecule has 0 saturated carbocycles. The van der Waals surface area contributed by atoms with Crippen LogP contribution < -0.4 is 10.6 Å². The van der Waals surface area contributed by atoms with E-state index < -0.39 is 148 Å². The Kier molecular flexibility index (Phi) is 32.7. The van der Waals surface area contributed by atoms with Gasteiger partial charge < -0.3 is 100 Å². The van der Waals surface area contributed by atoms with Gasteiger partial charge >= 0.3 is 5.97 Å². The van der Waals surface area contributed by atoms with Crippen molar-refractivity contribution in [3.8, 4) is 0 Å². The summed E-state index contributed by atoms with van der Waals surface area (Å²) in [4.78, 5) is 38.2. The lowest BCUT2D eigenvalue weighted by Crippen LogP contribution is -2.70. The summed E-state index contributed by atoms with van der Waals surface area (Å²) < 4.78 is 34.6. The second kappa shape index (κ2) is 36.7. The number of ether oxygens (including phenoxy) is 6. The number of carbonyl (C=O) groups is 3. The van der Waals surface area contributed by atoms with E-state index in [1.807, 2.05) is 0 Å². The van der Waals surface area contributed by atoms with Gasteiger partial charge in [0.15, 0.2) is 12.6 Å². The van der Waals surface area contributed by atoms with Gasteiger partial charge in [-0.1, -0.05) is 122 Å². The SMILES string of the molecule is CCCCCCCC/C=C\CCCCCC(=O)NC(COC1OC(CO)C(OC2OC(CO)C(O)C(OC3(C(=O)O)CC(O)C(NC(C)=O)C(C(O)C(O)CO)O3)C2O)C(O)C1O)C(O)CCCCCCCCCCC. The van der Waals surface area contributed by atoms with E-state index in [-0.39, 0.29) is 18.9 Å². The van der Waals surface area contributed by atoms with Gasteiger partial charge in [0.25, 0.3) is 5.79 Å². The molecule has 3 heterocycles. The summed E-state index contributed by atoms with van der Waals surface area (Å²) in [6.45, 7) is 2.08. The first-order chi connectivity index (χ1) is 36.4. The number of amides is 2. The Morgan fingerprint density at radius 1 is 0.671 bits per heavy atom. The number of allylic oxidation sites excluding steroid dienone is 2. The first-order valence-corrected chi connectivity index (χ1v) is 28.0. The van der Waals surface area contributed by atoms with E-state index in [0.717, 1.165) is 58.3 Å². The standard InChI is InChI=1S/C53H96N2O21/c1-4-6-8-10-12-14-15-16-17-19-21-23-25-27-40(63)55-34(35(60)26-24-22-20-18-13-11-9-7-5-2)32-71-50-45(67)44(66)47(39(31-58)73-50)74-51-46(68)49(43(65)38(30-57)72-51)76-53(52(69)70)28-36(61)41(54-33(3)59)48(75-53)42(64)37(62)29-56/h16-17,34-39,41-51,56-58,60-62,64-68H,4-15,18-32H2,1-3H3,(H,54,59)(H,55,63)(H,69,70)/b17-16-. The van der Waals surface area contributed by atoms with Gasteiger partial charge in [0, 0.05) is 19.8 Å². The molecule has 0 aromatic carbocycles. The molecule has 0 bridgehead atoms. The fraction of sp³-hybridized carbons (Fsp3) is 0.906. The van der Waals surface area contributed by atoms with Crippen LogP contribution in [-0.2, 0) is 42.8 Å². The van der Waals surface area contributed by atoms with Gasteiger partial charge in [0.05, 0.1) is 50.7 Å². The molecular weight excluding hydrogens is 1000 g/mol. The van der Waals surface area contributed by atoms with Crippen molar-refractivity contribution in [3.63, 3.8) is 0 Å². The van der Waals surface area contributed by atoms with Gasteiger partial charge in [-0.15, -0.1) is 0 Å². The molecule has 23 nitrogen and oxygen atoms in total. The maximum absolute atomic E-state index is 13.3. The van der Waals surface area contributed by atoms with Crippen molar-refractivity contribution in [2.45, 2.75) is 278 Å². The molecule has 3 rings (SSSR count). The van der Waals surface area contributed by atoms with Crippen LogP contribution in [0, 0.1) is 0 Å². The molecule has 3 fully saturated rings. The maximum atomic E-state index is 13.3. The monoisotopic (exact) mass is 1100 g/mol. The third-order valence-corrected chi connectivity index (χ3v) is 14.5. The number of carbonyl (C=O) groups excluding carboxylic acids is 2. The quantitative estimate of drug-likeness (QED) is 0.0299. The fourth-order valence-electron chi connectivity index (χ4n) is 9.88. The first-order valence-electron chi connectivity index (χ1n) is 28.0. The number of aliphatic hydroxyl groups excluding tert-OH is 11. The number of aliphatic carboxylic acids is 1. The first kappa shape index (κ1) is 67.7. The predicted octanol–water partition coefficient (Wildman–Crippen LogP) is 0.825. The Labute approximate surface area is 448 Å². The zero-order chi connectivity index (χ0) is 56.2. The highest BCUT2D eigenvalue weighted by Crippen LogP contribution is 2.38. The Morgan fingerprint density at radius 2 is 1.22 bits per heavy atom. The van der Waals surface area contributed by atoms with Crippen LogP contribution in [0.3, 0.4) is 0 Å². The minimum atomic E-state index is -3.08. The summed E-state index contributed by atoms with van der Waals surface area (Å²) in [7, 11) is 0. The Hall–Kier alpha value is -2.53.